The molecular formula is C21H22F2N6O. The van der Waals surface area contributed by atoms with Gasteiger partial charge in [0.15, 0.2) is 0 Å². The SMILES string of the molecule is NC(=O)c1ccc(NC2CCCC(F)(F)C2N)nc1Nc1ccc2ncccc2c1. The number of nitrogens with zero attached hydrogens (tertiary/aromatic N) is 2. The number of rotatable bonds is 5. The molecule has 1 amide bonds. The maximum atomic E-state index is 14.0. The molecule has 0 bridgehead atoms. The van der Waals surface area contributed by atoms with Crippen molar-refractivity contribution in [3.63, 3.8) is 0 Å². The molecule has 6 N–H and O–H groups in total. The second kappa shape index (κ2) is 7.83. The Labute approximate surface area is 171 Å². The Morgan fingerprint density at radius 2 is 2.03 bits per heavy atom. The van der Waals surface area contributed by atoms with Crippen molar-refractivity contribution in [3.8, 4) is 0 Å². The van der Waals surface area contributed by atoms with Crippen LogP contribution in [0.25, 0.3) is 10.9 Å². The van der Waals surface area contributed by atoms with Gasteiger partial charge < -0.3 is 22.1 Å². The summed E-state index contributed by atoms with van der Waals surface area (Å²) in [5, 5.41) is 6.99. The van der Waals surface area contributed by atoms with E-state index in [0.29, 0.717) is 24.3 Å². The van der Waals surface area contributed by atoms with Gasteiger partial charge in [-0.05, 0) is 49.2 Å². The molecule has 0 aliphatic heterocycles. The maximum absolute atomic E-state index is 14.0. The molecule has 1 saturated carbocycles. The van der Waals surface area contributed by atoms with Gasteiger partial charge in [-0.25, -0.2) is 13.8 Å². The van der Waals surface area contributed by atoms with Crippen LogP contribution < -0.4 is 22.1 Å². The van der Waals surface area contributed by atoms with Crippen molar-refractivity contribution in [2.45, 2.75) is 37.3 Å². The van der Waals surface area contributed by atoms with Crippen LogP contribution >= 0.6 is 0 Å². The van der Waals surface area contributed by atoms with Crippen molar-refractivity contribution in [3.05, 3.63) is 54.2 Å². The van der Waals surface area contributed by atoms with Crippen molar-refractivity contribution < 1.29 is 13.6 Å². The van der Waals surface area contributed by atoms with E-state index in [9.17, 15) is 13.6 Å². The fourth-order valence-electron chi connectivity index (χ4n) is 3.67. The predicted molar refractivity (Wildman–Crippen MR) is 112 cm³/mol. The fraction of sp³-hybridized carbons (Fsp3) is 0.286. The normalized spacial score (nSPS) is 20.6. The molecule has 156 valence electrons. The summed E-state index contributed by atoms with van der Waals surface area (Å²) in [5.74, 6) is -3.02. The first-order valence-corrected chi connectivity index (χ1v) is 9.66. The minimum absolute atomic E-state index is 0.185. The van der Waals surface area contributed by atoms with Gasteiger partial charge in [-0.15, -0.1) is 0 Å². The number of aromatic nitrogens is 2. The number of benzene rings is 1. The van der Waals surface area contributed by atoms with Gasteiger partial charge in [0, 0.05) is 29.7 Å². The lowest BCUT2D eigenvalue weighted by atomic mass is 9.87. The van der Waals surface area contributed by atoms with E-state index in [1.165, 1.54) is 12.1 Å². The van der Waals surface area contributed by atoms with Crippen molar-refractivity contribution in [1.29, 1.82) is 0 Å². The monoisotopic (exact) mass is 412 g/mol. The second-order valence-corrected chi connectivity index (χ2v) is 7.42. The molecule has 1 fully saturated rings. The van der Waals surface area contributed by atoms with E-state index < -0.39 is 23.9 Å². The molecule has 4 rings (SSSR count). The molecule has 9 heteroatoms. The third-order valence-corrected chi connectivity index (χ3v) is 5.31. The summed E-state index contributed by atoms with van der Waals surface area (Å²) in [5.41, 5.74) is 12.9. The van der Waals surface area contributed by atoms with Gasteiger partial charge in [0.05, 0.1) is 17.1 Å². The van der Waals surface area contributed by atoms with Gasteiger partial charge in [-0.1, -0.05) is 6.07 Å². The Hall–Kier alpha value is -3.33. The van der Waals surface area contributed by atoms with E-state index in [1.807, 2.05) is 24.3 Å². The maximum Gasteiger partial charge on any atom is 0.264 e. The van der Waals surface area contributed by atoms with Crippen LogP contribution in [0.1, 0.15) is 29.6 Å². The molecule has 1 aliphatic carbocycles. The van der Waals surface area contributed by atoms with E-state index in [-0.39, 0.29) is 17.8 Å². The number of carbonyl (C=O) groups is 1. The number of alkyl halides is 2. The number of pyridine rings is 2. The molecule has 3 aromatic rings. The summed E-state index contributed by atoms with van der Waals surface area (Å²) in [6.07, 6.45) is 2.37. The van der Waals surface area contributed by atoms with Gasteiger partial charge in [0.2, 0.25) is 0 Å². The second-order valence-electron chi connectivity index (χ2n) is 7.42. The molecular weight excluding hydrogens is 390 g/mol. The molecule has 1 aliphatic rings. The topological polar surface area (TPSA) is 119 Å². The summed E-state index contributed by atoms with van der Waals surface area (Å²) in [6, 6.07) is 10.4. The quantitative estimate of drug-likeness (QED) is 0.510. The first-order chi connectivity index (χ1) is 14.3. The Balaban J connectivity index is 1.62. The number of carbonyl (C=O) groups excluding carboxylic acids is 1. The molecule has 2 heterocycles. The highest BCUT2D eigenvalue weighted by atomic mass is 19.3. The molecule has 7 nitrogen and oxygen atoms in total. The summed E-state index contributed by atoms with van der Waals surface area (Å²) in [4.78, 5) is 20.5. The van der Waals surface area contributed by atoms with Crippen LogP contribution in [0.3, 0.4) is 0 Å². The van der Waals surface area contributed by atoms with E-state index >= 15 is 0 Å². The largest absolute Gasteiger partial charge is 0.365 e. The third kappa shape index (κ3) is 4.02. The highest BCUT2D eigenvalue weighted by Crippen LogP contribution is 2.34. The number of nitrogens with one attached hydrogen (secondary N) is 2. The van der Waals surface area contributed by atoms with Crippen LogP contribution in [-0.4, -0.2) is 33.9 Å². The van der Waals surface area contributed by atoms with E-state index in [1.54, 1.807) is 12.3 Å². The smallest absolute Gasteiger partial charge is 0.264 e. The predicted octanol–water partition coefficient (Wildman–Crippen LogP) is 3.40. The zero-order valence-electron chi connectivity index (χ0n) is 16.1. The van der Waals surface area contributed by atoms with Crippen molar-refractivity contribution >= 4 is 34.1 Å². The minimum atomic E-state index is -2.93. The average Bonchev–Trinajstić information content (AvgIpc) is 2.71. The first-order valence-electron chi connectivity index (χ1n) is 9.66. The number of anilines is 3. The lowest BCUT2D eigenvalue weighted by Gasteiger charge is -2.36. The van der Waals surface area contributed by atoms with E-state index in [2.05, 4.69) is 20.6 Å². The Kier molecular flexibility index (Phi) is 5.21. The lowest BCUT2D eigenvalue weighted by Crippen LogP contribution is -2.55. The number of fused-ring (bicyclic) bond motifs is 1. The Morgan fingerprint density at radius 3 is 2.83 bits per heavy atom. The van der Waals surface area contributed by atoms with E-state index in [0.717, 1.165) is 10.9 Å². The molecule has 30 heavy (non-hydrogen) atoms. The van der Waals surface area contributed by atoms with Crippen LogP contribution in [0.5, 0.6) is 0 Å². The van der Waals surface area contributed by atoms with Crippen molar-refractivity contribution in [2.75, 3.05) is 10.6 Å². The third-order valence-electron chi connectivity index (χ3n) is 5.31. The molecule has 0 saturated heterocycles. The zero-order valence-corrected chi connectivity index (χ0v) is 16.1. The average molecular weight is 412 g/mol. The van der Waals surface area contributed by atoms with Crippen molar-refractivity contribution in [1.82, 2.24) is 9.97 Å². The Bertz CT molecular complexity index is 1090. The summed E-state index contributed by atoms with van der Waals surface area (Å²) in [6.45, 7) is 0. The van der Waals surface area contributed by atoms with Gasteiger partial charge in [0.25, 0.3) is 11.8 Å². The van der Waals surface area contributed by atoms with E-state index in [4.69, 9.17) is 11.5 Å². The number of primary amides is 1. The zero-order chi connectivity index (χ0) is 21.3. The van der Waals surface area contributed by atoms with Crippen LogP contribution in [0.4, 0.5) is 26.1 Å². The number of halogens is 2. The van der Waals surface area contributed by atoms with Crippen LogP contribution in [0, 0.1) is 0 Å². The van der Waals surface area contributed by atoms with Gasteiger partial charge in [0.1, 0.15) is 11.6 Å². The fourth-order valence-corrected chi connectivity index (χ4v) is 3.67. The van der Waals surface area contributed by atoms with Crippen LogP contribution in [-0.2, 0) is 0 Å². The highest BCUT2D eigenvalue weighted by molar-refractivity contribution is 5.98. The lowest BCUT2D eigenvalue weighted by molar-refractivity contribution is -0.0554. The molecule has 2 atom stereocenters. The first kappa shape index (κ1) is 20.0. The van der Waals surface area contributed by atoms with Gasteiger partial charge in [-0.3, -0.25) is 9.78 Å². The van der Waals surface area contributed by atoms with Crippen molar-refractivity contribution in [2.24, 2.45) is 11.5 Å². The Morgan fingerprint density at radius 1 is 1.20 bits per heavy atom. The number of hydrogen-bond acceptors (Lipinski definition) is 6. The summed E-state index contributed by atoms with van der Waals surface area (Å²) in [7, 11) is 0. The number of hydrogen-bond donors (Lipinski definition) is 4. The van der Waals surface area contributed by atoms with Crippen LogP contribution in [0.15, 0.2) is 48.7 Å². The summed E-state index contributed by atoms with van der Waals surface area (Å²) >= 11 is 0. The number of amides is 1. The molecule has 0 radical (unpaired) electrons. The molecule has 2 unspecified atom stereocenters. The molecule has 1 aromatic carbocycles. The highest BCUT2D eigenvalue weighted by Gasteiger charge is 2.44. The standard InChI is InChI=1S/C21H22F2N6O/c22-21(23)9-1-4-16(18(21)24)28-17-8-6-14(19(25)30)20(29-17)27-13-5-7-15-12(11-13)3-2-10-26-15/h2-3,5-8,10-11,16,18H,1,4,9,24H2,(H2,25,30)(H2,27,28,29). The molecule has 0 spiro atoms. The summed E-state index contributed by atoms with van der Waals surface area (Å²) < 4.78 is 27.9. The number of nitrogens with two attached hydrogens (primary N) is 2. The molecule has 2 aromatic heterocycles. The van der Waals surface area contributed by atoms with Gasteiger partial charge in [-0.2, -0.15) is 0 Å². The van der Waals surface area contributed by atoms with Gasteiger partial charge >= 0.3 is 0 Å². The van der Waals surface area contributed by atoms with Crippen LogP contribution in [0.2, 0.25) is 0 Å². The minimum Gasteiger partial charge on any atom is -0.365 e.